The van der Waals surface area contributed by atoms with E-state index in [1.165, 1.54) is 10.8 Å². The number of aromatic nitrogens is 5. The highest BCUT2D eigenvalue weighted by atomic mass is 32.2. The SMILES string of the molecule is Cc1nn2nc(C(C)CNC(=O)c3cc(S(=O)(=O)O)cc(S(=O)(=O)O)c3)[nH]c2c1N=Nc1ccc(C(CC(=O)O)CC(=O)O)c2ncccc12. The van der Waals surface area contributed by atoms with Crippen molar-refractivity contribution in [2.75, 3.05) is 6.54 Å². The number of H-pyrrole nitrogens is 1. The van der Waals surface area contributed by atoms with Gasteiger partial charge in [0.2, 0.25) is 0 Å². The number of azo groups is 1. The van der Waals surface area contributed by atoms with Crippen LogP contribution in [0.5, 0.6) is 0 Å². The van der Waals surface area contributed by atoms with E-state index in [0.717, 1.165) is 12.1 Å². The quantitative estimate of drug-likeness (QED) is 0.0748. The van der Waals surface area contributed by atoms with Crippen LogP contribution in [-0.2, 0) is 29.8 Å². The lowest BCUT2D eigenvalue weighted by Gasteiger charge is -2.15. The molecule has 21 heteroatoms. The molecule has 19 nitrogen and oxygen atoms in total. The minimum Gasteiger partial charge on any atom is -0.481 e. The summed E-state index contributed by atoms with van der Waals surface area (Å²) in [6.45, 7) is 3.28. The molecule has 50 heavy (non-hydrogen) atoms. The Balaban J connectivity index is 1.39. The fourth-order valence-electron chi connectivity index (χ4n) is 5.14. The lowest BCUT2D eigenvalue weighted by molar-refractivity contribution is -0.139. The molecule has 0 radical (unpaired) electrons. The maximum atomic E-state index is 12.8. The lowest BCUT2D eigenvalue weighted by atomic mass is 9.90. The first kappa shape index (κ1) is 35.7. The molecule has 262 valence electrons. The summed E-state index contributed by atoms with van der Waals surface area (Å²) in [5, 5.41) is 39.2. The van der Waals surface area contributed by atoms with Crippen LogP contribution in [0.2, 0.25) is 0 Å². The highest BCUT2D eigenvalue weighted by molar-refractivity contribution is 7.86. The van der Waals surface area contributed by atoms with Crippen LogP contribution in [0, 0.1) is 6.92 Å². The number of aliphatic carboxylic acids is 2. The topological polar surface area (TPSA) is 296 Å². The molecule has 1 amide bonds. The molecule has 0 fully saturated rings. The van der Waals surface area contributed by atoms with E-state index in [1.807, 2.05) is 0 Å². The van der Waals surface area contributed by atoms with E-state index >= 15 is 0 Å². The summed E-state index contributed by atoms with van der Waals surface area (Å²) >= 11 is 0. The van der Waals surface area contributed by atoms with E-state index in [4.69, 9.17) is 0 Å². The Labute approximate surface area is 282 Å². The number of hydrogen-bond acceptors (Lipinski definition) is 12. The third-order valence-corrected chi connectivity index (χ3v) is 9.21. The minimum atomic E-state index is -4.92. The van der Waals surface area contributed by atoms with Crippen LogP contribution < -0.4 is 5.32 Å². The molecule has 0 saturated carbocycles. The largest absolute Gasteiger partial charge is 0.481 e. The number of amides is 1. The summed E-state index contributed by atoms with van der Waals surface area (Å²) in [4.78, 5) is 41.4. The van der Waals surface area contributed by atoms with Crippen LogP contribution >= 0.6 is 0 Å². The smallest absolute Gasteiger partial charge is 0.303 e. The number of hydrogen-bond donors (Lipinski definition) is 6. The van der Waals surface area contributed by atoms with Crippen molar-refractivity contribution in [1.29, 1.82) is 0 Å². The number of carboxylic acids is 2. The van der Waals surface area contributed by atoms with Gasteiger partial charge in [-0.25, -0.2) is 0 Å². The molecule has 1 unspecified atom stereocenters. The first-order chi connectivity index (χ1) is 23.4. The van der Waals surface area contributed by atoms with Gasteiger partial charge in [0.1, 0.15) is 5.82 Å². The second-order valence-corrected chi connectivity index (χ2v) is 14.0. The van der Waals surface area contributed by atoms with E-state index in [2.05, 4.69) is 35.7 Å². The molecule has 0 saturated heterocycles. The highest BCUT2D eigenvalue weighted by Gasteiger charge is 2.24. The molecule has 1 atom stereocenters. The second-order valence-electron chi connectivity index (χ2n) is 11.2. The van der Waals surface area contributed by atoms with Crippen LogP contribution in [-0.4, -0.2) is 85.3 Å². The molecular weight excluding hydrogens is 700 g/mol. The van der Waals surface area contributed by atoms with Crippen molar-refractivity contribution >= 4 is 66.0 Å². The van der Waals surface area contributed by atoms with Crippen molar-refractivity contribution in [2.45, 2.75) is 48.3 Å². The fourth-order valence-corrected chi connectivity index (χ4v) is 6.31. The first-order valence-electron chi connectivity index (χ1n) is 14.5. The lowest BCUT2D eigenvalue weighted by Crippen LogP contribution is -2.28. The van der Waals surface area contributed by atoms with Gasteiger partial charge in [-0.2, -0.15) is 21.9 Å². The average molecular weight is 729 g/mol. The monoisotopic (exact) mass is 728 g/mol. The van der Waals surface area contributed by atoms with E-state index in [1.54, 1.807) is 38.1 Å². The minimum absolute atomic E-state index is 0.0846. The van der Waals surface area contributed by atoms with Crippen molar-refractivity contribution in [3.63, 3.8) is 0 Å². The van der Waals surface area contributed by atoms with Crippen molar-refractivity contribution in [1.82, 2.24) is 30.1 Å². The highest BCUT2D eigenvalue weighted by Crippen LogP contribution is 2.36. The molecule has 0 aliphatic rings. The summed E-state index contributed by atoms with van der Waals surface area (Å²) in [6, 6.07) is 8.53. The molecule has 5 aromatic rings. The Bertz CT molecular complexity index is 2360. The van der Waals surface area contributed by atoms with Gasteiger partial charge in [0, 0.05) is 35.5 Å². The Morgan fingerprint density at radius 3 is 2.18 bits per heavy atom. The van der Waals surface area contributed by atoms with Crippen molar-refractivity contribution in [2.24, 2.45) is 10.2 Å². The number of carbonyl (C=O) groups is 3. The molecule has 0 aliphatic carbocycles. The number of aryl methyl sites for hydroxylation is 1. The van der Waals surface area contributed by atoms with Gasteiger partial charge in [-0.3, -0.25) is 28.5 Å². The predicted molar refractivity (Wildman–Crippen MR) is 172 cm³/mol. The number of pyridine rings is 1. The van der Waals surface area contributed by atoms with Gasteiger partial charge in [-0.1, -0.05) is 13.0 Å². The van der Waals surface area contributed by atoms with Gasteiger partial charge in [-0.15, -0.1) is 20.0 Å². The standard InChI is InChI=1S/C29H28N8O11S2/c1-14(13-31-29(42)17-8-18(49(43,44)45)12-19(9-17)50(46,47)48)27-32-28-25(15(2)35-37(28)36-27)34-33-22-6-5-20(26-21(22)4-3-7-30-26)16(10-23(38)39)11-24(40)41/h3-9,12,14,16H,10-11,13H2,1-2H3,(H,31,42)(H,32,36)(H,38,39)(H,40,41)(H,43,44,45)(H,46,47,48). The Hall–Kier alpha value is -5.64. The van der Waals surface area contributed by atoms with Gasteiger partial charge >= 0.3 is 11.9 Å². The number of aromatic amines is 1. The zero-order valence-electron chi connectivity index (χ0n) is 26.0. The molecule has 2 aromatic carbocycles. The Morgan fingerprint density at radius 2 is 1.58 bits per heavy atom. The van der Waals surface area contributed by atoms with Crippen LogP contribution in [0.15, 0.2) is 68.7 Å². The van der Waals surface area contributed by atoms with Crippen LogP contribution in [0.25, 0.3) is 16.6 Å². The number of nitrogens with zero attached hydrogens (tertiary/aromatic N) is 6. The Kier molecular flexibility index (Phi) is 9.77. The number of carboxylic acid groups (broad SMARTS) is 2. The molecular formula is C29H28N8O11S2. The van der Waals surface area contributed by atoms with E-state index in [9.17, 15) is 50.5 Å². The maximum Gasteiger partial charge on any atom is 0.303 e. The summed E-state index contributed by atoms with van der Waals surface area (Å²) in [7, 11) is -9.84. The number of rotatable bonds is 13. The van der Waals surface area contributed by atoms with E-state index < -0.39 is 78.1 Å². The van der Waals surface area contributed by atoms with Crippen molar-refractivity contribution < 1.29 is 50.5 Å². The molecule has 0 bridgehead atoms. The summed E-state index contributed by atoms with van der Waals surface area (Å²) < 4.78 is 66.4. The van der Waals surface area contributed by atoms with Crippen LogP contribution in [0.4, 0.5) is 11.4 Å². The van der Waals surface area contributed by atoms with Gasteiger partial charge in [0.15, 0.2) is 11.3 Å². The molecule has 5 rings (SSSR count). The summed E-state index contributed by atoms with van der Waals surface area (Å²) in [5.74, 6) is -4.21. The van der Waals surface area contributed by atoms with Gasteiger partial charge in [0.05, 0.1) is 39.5 Å². The molecule has 0 aliphatic heterocycles. The second kappa shape index (κ2) is 13.7. The average Bonchev–Trinajstić information content (AvgIpc) is 3.57. The zero-order valence-corrected chi connectivity index (χ0v) is 27.7. The number of nitrogens with one attached hydrogen (secondary N) is 2. The van der Waals surface area contributed by atoms with Crippen LogP contribution in [0.1, 0.15) is 59.0 Å². The van der Waals surface area contributed by atoms with Crippen LogP contribution in [0.3, 0.4) is 0 Å². The number of fused-ring (bicyclic) bond motifs is 2. The molecule has 6 N–H and O–H groups in total. The fraction of sp³-hybridized carbons (Fsp3) is 0.241. The van der Waals surface area contributed by atoms with E-state index in [-0.39, 0.29) is 6.54 Å². The number of carbonyl (C=O) groups excluding carboxylic acids is 1. The first-order valence-corrected chi connectivity index (χ1v) is 17.4. The Morgan fingerprint density at radius 1 is 0.940 bits per heavy atom. The third-order valence-electron chi connectivity index (χ3n) is 7.55. The molecule has 0 spiro atoms. The maximum absolute atomic E-state index is 12.8. The zero-order chi connectivity index (χ0) is 36.5. The van der Waals surface area contributed by atoms with Gasteiger partial charge in [0.25, 0.3) is 26.1 Å². The predicted octanol–water partition coefficient (Wildman–Crippen LogP) is 3.39. The van der Waals surface area contributed by atoms with Crippen molar-refractivity contribution in [3.8, 4) is 0 Å². The van der Waals surface area contributed by atoms with E-state index in [0.29, 0.717) is 51.1 Å². The molecule has 3 heterocycles. The molecule has 3 aromatic heterocycles. The normalized spacial score (nSPS) is 13.0. The third kappa shape index (κ3) is 7.80. The summed E-state index contributed by atoms with van der Waals surface area (Å²) in [5.41, 5.74) is 1.85. The van der Waals surface area contributed by atoms with Gasteiger partial charge < -0.3 is 20.5 Å². The summed E-state index contributed by atoms with van der Waals surface area (Å²) in [6.07, 6.45) is 0.680. The number of benzene rings is 2. The van der Waals surface area contributed by atoms with Gasteiger partial charge in [-0.05, 0) is 48.9 Å². The van der Waals surface area contributed by atoms with Crippen molar-refractivity contribution in [3.05, 3.63) is 71.3 Å².